The van der Waals surface area contributed by atoms with Gasteiger partial charge < -0.3 is 5.32 Å². The van der Waals surface area contributed by atoms with Crippen molar-refractivity contribution in [2.45, 2.75) is 27.2 Å². The number of nitrogens with zero attached hydrogens (tertiary/aromatic N) is 1. The summed E-state index contributed by atoms with van der Waals surface area (Å²) in [5.74, 6) is -0.0110. The van der Waals surface area contributed by atoms with Crippen molar-refractivity contribution in [1.29, 1.82) is 0 Å². The highest BCUT2D eigenvalue weighted by molar-refractivity contribution is 7.11. The Kier molecular flexibility index (Phi) is 4.32. The molecule has 0 fully saturated rings. The van der Waals surface area contributed by atoms with Gasteiger partial charge in [-0.1, -0.05) is 18.2 Å². The number of carbonyl (C=O) groups is 1. The molecule has 100 valence electrons. The minimum absolute atomic E-state index is 0.0110. The molecule has 0 saturated heterocycles. The first-order chi connectivity index (χ1) is 9.08. The van der Waals surface area contributed by atoms with Crippen LogP contribution in [-0.4, -0.2) is 17.4 Å². The van der Waals surface area contributed by atoms with Gasteiger partial charge in [0.1, 0.15) is 0 Å². The van der Waals surface area contributed by atoms with Crippen LogP contribution in [0.25, 0.3) is 0 Å². The highest BCUT2D eigenvalue weighted by Crippen LogP contribution is 2.16. The molecule has 0 aliphatic rings. The van der Waals surface area contributed by atoms with Gasteiger partial charge in [0.2, 0.25) is 0 Å². The average Bonchev–Trinajstić information content (AvgIpc) is 2.69. The molecular weight excluding hydrogens is 256 g/mol. The molecule has 2 aromatic rings. The molecule has 0 spiro atoms. The lowest BCUT2D eigenvalue weighted by Crippen LogP contribution is -2.26. The van der Waals surface area contributed by atoms with E-state index in [-0.39, 0.29) is 5.91 Å². The summed E-state index contributed by atoms with van der Waals surface area (Å²) in [6.45, 7) is 6.66. The molecule has 1 N–H and O–H groups in total. The smallest absolute Gasteiger partial charge is 0.251 e. The molecule has 3 nitrogen and oxygen atoms in total. The summed E-state index contributed by atoms with van der Waals surface area (Å²) >= 11 is 1.70. The van der Waals surface area contributed by atoms with E-state index < -0.39 is 0 Å². The van der Waals surface area contributed by atoms with E-state index in [4.69, 9.17) is 0 Å². The molecule has 0 aliphatic heterocycles. The molecule has 1 aromatic carbocycles. The van der Waals surface area contributed by atoms with E-state index >= 15 is 0 Å². The van der Waals surface area contributed by atoms with Crippen molar-refractivity contribution in [2.75, 3.05) is 6.54 Å². The Hall–Kier alpha value is -1.68. The largest absolute Gasteiger partial charge is 0.352 e. The van der Waals surface area contributed by atoms with Crippen LogP contribution in [0, 0.1) is 20.8 Å². The fourth-order valence-corrected chi connectivity index (χ4v) is 2.79. The molecule has 0 bridgehead atoms. The van der Waals surface area contributed by atoms with Crippen molar-refractivity contribution in [3.63, 3.8) is 0 Å². The predicted octanol–water partition coefficient (Wildman–Crippen LogP) is 3.04. The number of hydrogen-bond donors (Lipinski definition) is 1. The lowest BCUT2D eigenvalue weighted by Gasteiger charge is -2.06. The Morgan fingerprint density at radius 1 is 1.26 bits per heavy atom. The van der Waals surface area contributed by atoms with Gasteiger partial charge in [-0.2, -0.15) is 0 Å². The average molecular weight is 274 g/mol. The molecule has 19 heavy (non-hydrogen) atoms. The summed E-state index contributed by atoms with van der Waals surface area (Å²) in [5, 5.41) is 4.03. The SMILES string of the molecule is Cc1ccccc1C(=O)NCCc1nc(C)c(C)s1. The van der Waals surface area contributed by atoms with Crippen molar-refractivity contribution in [1.82, 2.24) is 10.3 Å². The normalized spacial score (nSPS) is 10.5. The summed E-state index contributed by atoms with van der Waals surface area (Å²) in [6.07, 6.45) is 0.789. The molecular formula is C15H18N2OS. The highest BCUT2D eigenvalue weighted by atomic mass is 32.1. The lowest BCUT2D eigenvalue weighted by molar-refractivity contribution is 0.0953. The van der Waals surface area contributed by atoms with Crippen molar-refractivity contribution in [3.8, 4) is 0 Å². The highest BCUT2D eigenvalue weighted by Gasteiger charge is 2.08. The van der Waals surface area contributed by atoms with Gasteiger partial charge in [0.25, 0.3) is 5.91 Å². The third-order valence-electron chi connectivity index (χ3n) is 3.09. The van der Waals surface area contributed by atoms with Crippen molar-refractivity contribution >= 4 is 17.2 Å². The van der Waals surface area contributed by atoms with E-state index in [1.54, 1.807) is 11.3 Å². The first-order valence-corrected chi connectivity index (χ1v) is 7.16. The standard InChI is InChI=1S/C15H18N2OS/c1-10-6-4-5-7-13(10)15(18)16-9-8-14-17-11(2)12(3)19-14/h4-7H,8-9H2,1-3H3,(H,16,18). The molecule has 0 aliphatic carbocycles. The second-order valence-electron chi connectivity index (χ2n) is 4.57. The first kappa shape index (κ1) is 13.7. The van der Waals surface area contributed by atoms with E-state index in [0.717, 1.165) is 28.2 Å². The molecule has 1 heterocycles. The zero-order chi connectivity index (χ0) is 13.8. The van der Waals surface area contributed by atoms with E-state index in [1.807, 2.05) is 38.1 Å². The second kappa shape index (κ2) is 5.97. The zero-order valence-electron chi connectivity index (χ0n) is 11.5. The third kappa shape index (κ3) is 3.41. The van der Waals surface area contributed by atoms with Gasteiger partial charge in [-0.05, 0) is 32.4 Å². The van der Waals surface area contributed by atoms with Crippen LogP contribution in [0.2, 0.25) is 0 Å². The van der Waals surface area contributed by atoms with Gasteiger partial charge in [-0.3, -0.25) is 4.79 Å². The molecule has 2 rings (SSSR count). The summed E-state index contributed by atoms with van der Waals surface area (Å²) < 4.78 is 0. The number of carbonyl (C=O) groups excluding carboxylic acids is 1. The van der Waals surface area contributed by atoms with E-state index in [0.29, 0.717) is 6.54 Å². The topological polar surface area (TPSA) is 42.0 Å². The van der Waals surface area contributed by atoms with Gasteiger partial charge in [-0.15, -0.1) is 11.3 Å². The minimum atomic E-state index is -0.0110. The monoisotopic (exact) mass is 274 g/mol. The molecule has 4 heteroatoms. The number of rotatable bonds is 4. The second-order valence-corrected chi connectivity index (χ2v) is 5.86. The Morgan fingerprint density at radius 3 is 2.63 bits per heavy atom. The molecule has 1 amide bonds. The van der Waals surface area contributed by atoms with Crippen LogP contribution in [0.3, 0.4) is 0 Å². The Morgan fingerprint density at radius 2 is 2.00 bits per heavy atom. The van der Waals surface area contributed by atoms with E-state index in [9.17, 15) is 4.79 Å². The Labute approximate surface area is 117 Å². The van der Waals surface area contributed by atoms with Crippen LogP contribution in [0.1, 0.15) is 31.5 Å². The van der Waals surface area contributed by atoms with Crippen LogP contribution < -0.4 is 5.32 Å². The molecule has 0 atom stereocenters. The number of aromatic nitrogens is 1. The van der Waals surface area contributed by atoms with Gasteiger partial charge in [0, 0.05) is 23.4 Å². The third-order valence-corrected chi connectivity index (χ3v) is 4.22. The van der Waals surface area contributed by atoms with Crippen LogP contribution in [0.5, 0.6) is 0 Å². The fourth-order valence-electron chi connectivity index (χ4n) is 1.85. The van der Waals surface area contributed by atoms with Gasteiger partial charge in [0.05, 0.1) is 10.7 Å². The number of amides is 1. The number of hydrogen-bond acceptors (Lipinski definition) is 3. The molecule has 0 unspecified atom stereocenters. The van der Waals surface area contributed by atoms with Crippen LogP contribution in [0.4, 0.5) is 0 Å². The van der Waals surface area contributed by atoms with E-state index in [1.165, 1.54) is 4.88 Å². The van der Waals surface area contributed by atoms with Gasteiger partial charge >= 0.3 is 0 Å². The maximum absolute atomic E-state index is 12.0. The van der Waals surface area contributed by atoms with Crippen LogP contribution >= 0.6 is 11.3 Å². The number of aryl methyl sites for hydroxylation is 3. The Bertz CT molecular complexity index is 570. The summed E-state index contributed by atoms with van der Waals surface area (Å²) in [4.78, 5) is 17.7. The quantitative estimate of drug-likeness (QED) is 0.931. The fraction of sp³-hybridized carbons (Fsp3) is 0.333. The summed E-state index contributed by atoms with van der Waals surface area (Å²) in [7, 11) is 0. The van der Waals surface area contributed by atoms with Crippen LogP contribution in [-0.2, 0) is 6.42 Å². The van der Waals surface area contributed by atoms with Gasteiger partial charge in [0.15, 0.2) is 0 Å². The molecule has 0 saturated carbocycles. The maximum atomic E-state index is 12.0. The Balaban J connectivity index is 1.89. The summed E-state index contributed by atoms with van der Waals surface area (Å²) in [5.41, 5.74) is 2.83. The molecule has 1 aromatic heterocycles. The van der Waals surface area contributed by atoms with Crippen molar-refractivity contribution in [3.05, 3.63) is 51.0 Å². The number of nitrogens with one attached hydrogen (secondary N) is 1. The zero-order valence-corrected chi connectivity index (χ0v) is 12.3. The number of thiazole rings is 1. The van der Waals surface area contributed by atoms with Crippen molar-refractivity contribution in [2.24, 2.45) is 0 Å². The van der Waals surface area contributed by atoms with E-state index in [2.05, 4.69) is 17.2 Å². The lowest BCUT2D eigenvalue weighted by atomic mass is 10.1. The van der Waals surface area contributed by atoms with Crippen molar-refractivity contribution < 1.29 is 4.79 Å². The first-order valence-electron chi connectivity index (χ1n) is 6.34. The van der Waals surface area contributed by atoms with Crippen LogP contribution in [0.15, 0.2) is 24.3 Å². The summed E-state index contributed by atoms with van der Waals surface area (Å²) in [6, 6.07) is 7.62. The minimum Gasteiger partial charge on any atom is -0.352 e. The predicted molar refractivity (Wildman–Crippen MR) is 78.8 cm³/mol. The molecule has 0 radical (unpaired) electrons. The maximum Gasteiger partial charge on any atom is 0.251 e. The number of benzene rings is 1. The van der Waals surface area contributed by atoms with Gasteiger partial charge in [-0.25, -0.2) is 4.98 Å².